The molecule has 0 spiro atoms. The Kier molecular flexibility index (Phi) is 3.12. The van der Waals surface area contributed by atoms with Gasteiger partial charge in [-0.25, -0.2) is 4.79 Å². The number of carbonyl (C=O) groups excluding carboxylic acids is 1. The lowest BCUT2D eigenvalue weighted by Crippen LogP contribution is -2.11. The highest BCUT2D eigenvalue weighted by Crippen LogP contribution is 2.21. The Hall–Kier alpha value is -2.56. The lowest BCUT2D eigenvalue weighted by Gasteiger charge is -2.10. The number of aryl methyl sites for hydroxylation is 1. The smallest absolute Gasteiger partial charge is 0.337 e. The number of carbonyl (C=O) groups is 2. The molecular weight excluding hydrogens is 244 g/mol. The van der Waals surface area contributed by atoms with E-state index in [1.165, 1.54) is 0 Å². The number of aromatic nitrogens is 1. The van der Waals surface area contributed by atoms with Crippen LogP contribution in [0.4, 0.5) is 0 Å². The number of benzene rings is 1. The molecule has 98 valence electrons. The molecule has 1 heterocycles. The Morgan fingerprint density at radius 1 is 1.21 bits per heavy atom. The van der Waals surface area contributed by atoms with Crippen molar-refractivity contribution in [1.29, 1.82) is 0 Å². The molecule has 5 nitrogen and oxygen atoms in total. The maximum atomic E-state index is 11.2. The Labute approximate surface area is 110 Å². The minimum Gasteiger partial charge on any atom is -0.478 e. The first-order chi connectivity index (χ1) is 8.91. The molecule has 0 bridgehead atoms. The average molecular weight is 258 g/mol. The number of nitrogens with two attached hydrogens (primary N) is 1. The molecule has 0 radical (unpaired) electrons. The van der Waals surface area contributed by atoms with Crippen LogP contribution in [0.3, 0.4) is 0 Å². The summed E-state index contributed by atoms with van der Waals surface area (Å²) in [7, 11) is 0. The number of hydrogen-bond donors (Lipinski definition) is 2. The van der Waals surface area contributed by atoms with E-state index in [4.69, 9.17) is 10.8 Å². The summed E-state index contributed by atoms with van der Waals surface area (Å²) < 4.78 is 1.79. The highest BCUT2D eigenvalue weighted by Gasteiger charge is 2.16. The maximum Gasteiger partial charge on any atom is 0.337 e. The van der Waals surface area contributed by atoms with Gasteiger partial charge in [0, 0.05) is 22.6 Å². The number of carboxylic acids is 1. The zero-order chi connectivity index (χ0) is 14.2. The lowest BCUT2D eigenvalue weighted by atomic mass is 10.2. The Balaban J connectivity index is 2.62. The van der Waals surface area contributed by atoms with Gasteiger partial charge in [0.15, 0.2) is 0 Å². The summed E-state index contributed by atoms with van der Waals surface area (Å²) in [5.41, 5.74) is 8.02. The van der Waals surface area contributed by atoms with Crippen LogP contribution >= 0.6 is 0 Å². The Morgan fingerprint density at radius 3 is 2.42 bits per heavy atom. The summed E-state index contributed by atoms with van der Waals surface area (Å²) in [6.07, 6.45) is 0. The SMILES string of the molecule is Cc1cc(C(=O)O)c(C)n1-c1cccc(C(N)=O)c1. The monoisotopic (exact) mass is 258 g/mol. The van der Waals surface area contributed by atoms with Crippen LogP contribution in [-0.2, 0) is 0 Å². The van der Waals surface area contributed by atoms with E-state index in [2.05, 4.69) is 0 Å². The van der Waals surface area contributed by atoms with Gasteiger partial charge in [-0.2, -0.15) is 0 Å². The number of primary amides is 1. The second-order valence-electron chi connectivity index (χ2n) is 4.34. The van der Waals surface area contributed by atoms with E-state index < -0.39 is 11.9 Å². The second-order valence-corrected chi connectivity index (χ2v) is 4.34. The van der Waals surface area contributed by atoms with E-state index in [0.29, 0.717) is 11.3 Å². The standard InChI is InChI=1S/C14H14N2O3/c1-8-6-12(14(18)19)9(2)16(8)11-5-3-4-10(7-11)13(15)17/h3-7H,1-2H3,(H2,15,17)(H,18,19). The molecule has 0 unspecified atom stereocenters. The quantitative estimate of drug-likeness (QED) is 0.881. The molecule has 3 N–H and O–H groups in total. The van der Waals surface area contributed by atoms with Crippen molar-refractivity contribution in [1.82, 2.24) is 4.57 Å². The second kappa shape index (κ2) is 4.61. The summed E-state index contributed by atoms with van der Waals surface area (Å²) in [6.45, 7) is 3.55. The number of amides is 1. The zero-order valence-electron chi connectivity index (χ0n) is 10.7. The number of carboxylic acid groups (broad SMARTS) is 1. The van der Waals surface area contributed by atoms with Crippen molar-refractivity contribution in [2.45, 2.75) is 13.8 Å². The summed E-state index contributed by atoms with van der Waals surface area (Å²) in [5, 5.41) is 9.11. The molecule has 5 heteroatoms. The highest BCUT2D eigenvalue weighted by atomic mass is 16.4. The van der Waals surface area contributed by atoms with Crippen molar-refractivity contribution in [3.05, 3.63) is 52.8 Å². The van der Waals surface area contributed by atoms with E-state index in [1.54, 1.807) is 41.8 Å². The molecule has 1 aromatic heterocycles. The van der Waals surface area contributed by atoms with Crippen LogP contribution in [0.5, 0.6) is 0 Å². The van der Waals surface area contributed by atoms with Crippen molar-refractivity contribution >= 4 is 11.9 Å². The number of aromatic carboxylic acids is 1. The largest absolute Gasteiger partial charge is 0.478 e. The number of rotatable bonds is 3. The summed E-state index contributed by atoms with van der Waals surface area (Å²) >= 11 is 0. The molecule has 2 rings (SSSR count). The van der Waals surface area contributed by atoms with Gasteiger partial charge in [0.2, 0.25) is 5.91 Å². The van der Waals surface area contributed by atoms with Crippen LogP contribution in [0.2, 0.25) is 0 Å². The fourth-order valence-corrected chi connectivity index (χ4v) is 2.17. The van der Waals surface area contributed by atoms with Crippen LogP contribution in [0, 0.1) is 13.8 Å². The van der Waals surface area contributed by atoms with Crippen molar-refractivity contribution in [3.63, 3.8) is 0 Å². The third-order valence-electron chi connectivity index (χ3n) is 3.05. The van der Waals surface area contributed by atoms with Crippen molar-refractivity contribution < 1.29 is 14.7 Å². The van der Waals surface area contributed by atoms with E-state index in [-0.39, 0.29) is 5.56 Å². The molecule has 2 aromatic rings. The first kappa shape index (κ1) is 12.9. The van der Waals surface area contributed by atoms with Crippen LogP contribution in [-0.4, -0.2) is 21.6 Å². The van der Waals surface area contributed by atoms with Gasteiger partial charge in [-0.05, 0) is 38.1 Å². The van der Waals surface area contributed by atoms with Crippen LogP contribution in [0.1, 0.15) is 32.1 Å². The fourth-order valence-electron chi connectivity index (χ4n) is 2.17. The zero-order valence-corrected chi connectivity index (χ0v) is 10.7. The number of nitrogens with zero attached hydrogens (tertiary/aromatic N) is 1. The normalized spacial score (nSPS) is 10.4. The highest BCUT2D eigenvalue weighted by molar-refractivity contribution is 5.93. The maximum absolute atomic E-state index is 11.2. The number of hydrogen-bond acceptors (Lipinski definition) is 2. The molecule has 0 aliphatic rings. The molecule has 0 atom stereocenters. The molecular formula is C14H14N2O3. The average Bonchev–Trinajstić information content (AvgIpc) is 2.65. The molecule has 1 aromatic carbocycles. The van der Waals surface area contributed by atoms with E-state index in [9.17, 15) is 9.59 Å². The van der Waals surface area contributed by atoms with Gasteiger partial charge < -0.3 is 15.4 Å². The van der Waals surface area contributed by atoms with Gasteiger partial charge in [-0.15, -0.1) is 0 Å². The molecule has 0 fully saturated rings. The molecule has 0 aliphatic heterocycles. The first-order valence-corrected chi connectivity index (χ1v) is 5.74. The third kappa shape index (κ3) is 2.22. The molecule has 0 saturated carbocycles. The van der Waals surface area contributed by atoms with Gasteiger partial charge in [-0.1, -0.05) is 6.07 Å². The predicted octanol–water partition coefficient (Wildman–Crippen LogP) is 1.89. The van der Waals surface area contributed by atoms with E-state index in [1.807, 2.05) is 6.92 Å². The first-order valence-electron chi connectivity index (χ1n) is 5.74. The van der Waals surface area contributed by atoms with Crippen molar-refractivity contribution in [3.8, 4) is 5.69 Å². The molecule has 0 saturated heterocycles. The minimum atomic E-state index is -0.967. The van der Waals surface area contributed by atoms with Crippen molar-refractivity contribution in [2.75, 3.05) is 0 Å². The molecule has 1 amide bonds. The van der Waals surface area contributed by atoms with Gasteiger partial charge in [0.1, 0.15) is 0 Å². The van der Waals surface area contributed by atoms with Crippen LogP contribution in [0.25, 0.3) is 5.69 Å². The van der Waals surface area contributed by atoms with Gasteiger partial charge in [0.05, 0.1) is 5.56 Å². The third-order valence-corrected chi connectivity index (χ3v) is 3.05. The Bertz CT molecular complexity index is 671. The Morgan fingerprint density at radius 2 is 1.89 bits per heavy atom. The molecule has 0 aliphatic carbocycles. The molecule has 19 heavy (non-hydrogen) atoms. The van der Waals surface area contributed by atoms with Gasteiger partial charge >= 0.3 is 5.97 Å². The van der Waals surface area contributed by atoms with Gasteiger partial charge in [0.25, 0.3) is 0 Å². The topological polar surface area (TPSA) is 85.3 Å². The lowest BCUT2D eigenvalue weighted by molar-refractivity contribution is 0.0696. The van der Waals surface area contributed by atoms with E-state index in [0.717, 1.165) is 11.4 Å². The van der Waals surface area contributed by atoms with E-state index >= 15 is 0 Å². The fraction of sp³-hybridized carbons (Fsp3) is 0.143. The summed E-state index contributed by atoms with van der Waals surface area (Å²) in [5.74, 6) is -1.48. The van der Waals surface area contributed by atoms with Gasteiger partial charge in [-0.3, -0.25) is 4.79 Å². The predicted molar refractivity (Wildman–Crippen MR) is 70.7 cm³/mol. The van der Waals surface area contributed by atoms with Crippen molar-refractivity contribution in [2.24, 2.45) is 5.73 Å². The minimum absolute atomic E-state index is 0.252. The summed E-state index contributed by atoms with van der Waals surface area (Å²) in [6, 6.07) is 8.40. The van der Waals surface area contributed by atoms with Crippen LogP contribution in [0.15, 0.2) is 30.3 Å². The summed E-state index contributed by atoms with van der Waals surface area (Å²) in [4.78, 5) is 22.3. The van der Waals surface area contributed by atoms with Crippen LogP contribution < -0.4 is 5.73 Å².